The number of aromatic nitrogens is 1. The van der Waals surface area contributed by atoms with Gasteiger partial charge in [0.25, 0.3) is 0 Å². The number of fused-ring (bicyclic) bond motifs is 1. The molecule has 0 unspecified atom stereocenters. The van der Waals surface area contributed by atoms with E-state index in [1.807, 2.05) is 24.4 Å². The molecule has 0 fully saturated rings. The van der Waals surface area contributed by atoms with Crippen molar-refractivity contribution < 1.29 is 9.53 Å². The molecule has 0 radical (unpaired) electrons. The standard InChI is InChI=1S/C24H38N2O2/c1-4-5-6-7-8-9-10-11-12-16-23(27)28-22-15-13-14-21-24(22)20(19-25-21)17-18-26(2)3/h13-15,19,25H,4-12,16-18H2,1-3H3. The van der Waals surface area contributed by atoms with Crippen LogP contribution in [0.2, 0.25) is 0 Å². The molecule has 1 heterocycles. The van der Waals surface area contributed by atoms with Gasteiger partial charge in [0.1, 0.15) is 5.75 Å². The minimum absolute atomic E-state index is 0.116. The van der Waals surface area contributed by atoms with Gasteiger partial charge < -0.3 is 14.6 Å². The van der Waals surface area contributed by atoms with E-state index in [9.17, 15) is 4.79 Å². The predicted octanol–water partition coefficient (Wildman–Crippen LogP) is 6.10. The van der Waals surface area contributed by atoms with Crippen molar-refractivity contribution in [1.29, 1.82) is 0 Å². The Morgan fingerprint density at radius 3 is 2.36 bits per heavy atom. The summed E-state index contributed by atoms with van der Waals surface area (Å²) in [6.45, 7) is 3.22. The van der Waals surface area contributed by atoms with E-state index in [0.717, 1.165) is 36.7 Å². The van der Waals surface area contributed by atoms with Crippen molar-refractivity contribution in [2.24, 2.45) is 0 Å². The Labute approximate surface area is 170 Å². The average Bonchev–Trinajstić information content (AvgIpc) is 3.09. The van der Waals surface area contributed by atoms with E-state index < -0.39 is 0 Å². The fraction of sp³-hybridized carbons (Fsp3) is 0.625. The highest BCUT2D eigenvalue weighted by Gasteiger charge is 2.13. The van der Waals surface area contributed by atoms with Gasteiger partial charge in [0.05, 0.1) is 0 Å². The van der Waals surface area contributed by atoms with E-state index in [1.54, 1.807) is 0 Å². The van der Waals surface area contributed by atoms with Gasteiger partial charge in [0, 0.05) is 30.1 Å². The topological polar surface area (TPSA) is 45.3 Å². The number of rotatable bonds is 14. The molecular weight excluding hydrogens is 348 g/mol. The molecule has 1 aromatic heterocycles. The van der Waals surface area contributed by atoms with Gasteiger partial charge in [0.15, 0.2) is 0 Å². The largest absolute Gasteiger partial charge is 0.426 e. The minimum atomic E-state index is -0.116. The Morgan fingerprint density at radius 2 is 1.68 bits per heavy atom. The molecule has 1 N–H and O–H groups in total. The maximum atomic E-state index is 12.3. The average molecular weight is 387 g/mol. The lowest BCUT2D eigenvalue weighted by Gasteiger charge is -2.10. The Bertz CT molecular complexity index is 706. The molecule has 0 bridgehead atoms. The van der Waals surface area contributed by atoms with E-state index in [2.05, 4.69) is 30.9 Å². The van der Waals surface area contributed by atoms with Crippen LogP contribution < -0.4 is 4.74 Å². The summed E-state index contributed by atoms with van der Waals surface area (Å²) in [6.07, 6.45) is 14.7. The number of hydrogen-bond acceptors (Lipinski definition) is 3. The molecule has 0 spiro atoms. The highest BCUT2D eigenvalue weighted by molar-refractivity contribution is 5.91. The van der Waals surface area contributed by atoms with Crippen molar-refractivity contribution in [2.75, 3.05) is 20.6 Å². The van der Waals surface area contributed by atoms with Crippen LogP contribution in [0.25, 0.3) is 10.9 Å². The van der Waals surface area contributed by atoms with Gasteiger partial charge in [-0.25, -0.2) is 0 Å². The number of ether oxygens (including phenoxy) is 1. The summed E-state index contributed by atoms with van der Waals surface area (Å²) in [5.41, 5.74) is 2.23. The first-order valence-corrected chi connectivity index (χ1v) is 11.1. The predicted molar refractivity (Wildman–Crippen MR) is 118 cm³/mol. The van der Waals surface area contributed by atoms with Gasteiger partial charge in [-0.3, -0.25) is 4.79 Å². The van der Waals surface area contributed by atoms with Gasteiger partial charge in [-0.15, -0.1) is 0 Å². The Kier molecular flexibility index (Phi) is 10.1. The van der Waals surface area contributed by atoms with E-state index in [4.69, 9.17) is 4.74 Å². The highest BCUT2D eigenvalue weighted by Crippen LogP contribution is 2.29. The number of likely N-dealkylation sites (N-methyl/N-ethyl adjacent to an activating group) is 1. The lowest BCUT2D eigenvalue weighted by Crippen LogP contribution is -2.15. The van der Waals surface area contributed by atoms with Gasteiger partial charge in [-0.2, -0.15) is 0 Å². The van der Waals surface area contributed by atoms with Crippen LogP contribution in [0.1, 0.15) is 76.7 Å². The third-order valence-corrected chi connectivity index (χ3v) is 5.29. The van der Waals surface area contributed by atoms with Crippen molar-refractivity contribution >= 4 is 16.9 Å². The second-order valence-electron chi connectivity index (χ2n) is 8.10. The summed E-state index contributed by atoms with van der Waals surface area (Å²) in [4.78, 5) is 17.8. The van der Waals surface area contributed by atoms with Crippen LogP contribution in [0, 0.1) is 0 Å². The fourth-order valence-corrected chi connectivity index (χ4v) is 3.60. The third kappa shape index (κ3) is 7.67. The van der Waals surface area contributed by atoms with E-state index in [0.29, 0.717) is 12.2 Å². The number of H-pyrrole nitrogens is 1. The smallest absolute Gasteiger partial charge is 0.311 e. The molecule has 4 nitrogen and oxygen atoms in total. The molecule has 0 amide bonds. The van der Waals surface area contributed by atoms with Gasteiger partial charge in [-0.05, 0) is 44.6 Å². The minimum Gasteiger partial charge on any atom is -0.426 e. The Hall–Kier alpha value is -1.81. The number of esters is 1. The van der Waals surface area contributed by atoms with Crippen LogP contribution >= 0.6 is 0 Å². The third-order valence-electron chi connectivity index (χ3n) is 5.29. The van der Waals surface area contributed by atoms with Crippen molar-refractivity contribution in [1.82, 2.24) is 9.88 Å². The Balaban J connectivity index is 1.76. The summed E-state index contributed by atoms with van der Waals surface area (Å²) in [7, 11) is 4.14. The van der Waals surface area contributed by atoms with Crippen molar-refractivity contribution in [3.05, 3.63) is 30.0 Å². The molecule has 2 aromatic rings. The van der Waals surface area contributed by atoms with Crippen molar-refractivity contribution in [3.8, 4) is 5.75 Å². The van der Waals surface area contributed by atoms with Gasteiger partial charge in [0.2, 0.25) is 0 Å². The van der Waals surface area contributed by atoms with Crippen LogP contribution in [0.15, 0.2) is 24.4 Å². The molecule has 4 heteroatoms. The second-order valence-corrected chi connectivity index (χ2v) is 8.10. The monoisotopic (exact) mass is 386 g/mol. The number of nitrogens with one attached hydrogen (secondary N) is 1. The normalized spacial score (nSPS) is 11.4. The number of unbranched alkanes of at least 4 members (excludes halogenated alkanes) is 8. The molecule has 2 rings (SSSR count). The molecule has 0 saturated heterocycles. The zero-order valence-electron chi connectivity index (χ0n) is 18.1. The molecule has 0 atom stereocenters. The molecule has 0 aliphatic heterocycles. The van der Waals surface area contributed by atoms with E-state index in [-0.39, 0.29) is 5.97 Å². The summed E-state index contributed by atoms with van der Waals surface area (Å²) in [5.74, 6) is 0.573. The maximum absolute atomic E-state index is 12.3. The lowest BCUT2D eigenvalue weighted by atomic mass is 10.1. The maximum Gasteiger partial charge on any atom is 0.311 e. The van der Waals surface area contributed by atoms with Crippen molar-refractivity contribution in [3.63, 3.8) is 0 Å². The molecule has 28 heavy (non-hydrogen) atoms. The number of benzene rings is 1. The SMILES string of the molecule is CCCCCCCCCCCC(=O)Oc1cccc2[nH]cc(CCN(C)C)c12. The lowest BCUT2D eigenvalue weighted by molar-refractivity contribution is -0.134. The van der Waals surface area contributed by atoms with Crippen molar-refractivity contribution in [2.45, 2.75) is 77.6 Å². The van der Waals surface area contributed by atoms with Crippen LogP contribution in [0.4, 0.5) is 0 Å². The quantitative estimate of drug-likeness (QED) is 0.242. The van der Waals surface area contributed by atoms with E-state index in [1.165, 1.54) is 50.5 Å². The van der Waals surface area contributed by atoms with E-state index >= 15 is 0 Å². The zero-order chi connectivity index (χ0) is 20.2. The number of aromatic amines is 1. The summed E-state index contributed by atoms with van der Waals surface area (Å²) < 4.78 is 5.73. The van der Waals surface area contributed by atoms with Gasteiger partial charge in [-0.1, -0.05) is 64.4 Å². The number of nitrogens with zero attached hydrogens (tertiary/aromatic N) is 1. The number of carbonyl (C=O) groups is 1. The molecular formula is C24H38N2O2. The first-order chi connectivity index (χ1) is 13.6. The highest BCUT2D eigenvalue weighted by atomic mass is 16.5. The molecule has 0 aliphatic carbocycles. The molecule has 156 valence electrons. The molecule has 1 aromatic carbocycles. The number of carbonyl (C=O) groups excluding carboxylic acids is 1. The fourth-order valence-electron chi connectivity index (χ4n) is 3.60. The van der Waals surface area contributed by atoms with Crippen LogP contribution in [-0.2, 0) is 11.2 Å². The summed E-state index contributed by atoms with van der Waals surface area (Å²) in [6, 6.07) is 5.88. The van der Waals surface area contributed by atoms with Crippen LogP contribution in [0.3, 0.4) is 0 Å². The first-order valence-electron chi connectivity index (χ1n) is 11.1. The molecule has 0 saturated carbocycles. The number of hydrogen-bond donors (Lipinski definition) is 1. The summed E-state index contributed by atoms with van der Waals surface area (Å²) >= 11 is 0. The first kappa shape index (κ1) is 22.5. The second kappa shape index (κ2) is 12.6. The molecule has 0 aliphatic rings. The summed E-state index contributed by atoms with van der Waals surface area (Å²) in [5, 5.41) is 1.05. The zero-order valence-corrected chi connectivity index (χ0v) is 18.1. The van der Waals surface area contributed by atoms with Gasteiger partial charge >= 0.3 is 5.97 Å². The Morgan fingerprint density at radius 1 is 1.00 bits per heavy atom. The van der Waals surface area contributed by atoms with Crippen LogP contribution in [0.5, 0.6) is 5.75 Å². The van der Waals surface area contributed by atoms with Crippen LogP contribution in [-0.4, -0.2) is 36.5 Å².